The largest absolute Gasteiger partial charge is 0.490 e. The monoisotopic (exact) mass is 391 g/mol. The van der Waals surface area contributed by atoms with Crippen LogP contribution in [-0.2, 0) is 6.61 Å². The third kappa shape index (κ3) is 5.27. The number of guanidine groups is 1. The molecule has 0 heterocycles. The smallest absolute Gasteiger partial charge is 0.256 e. The summed E-state index contributed by atoms with van der Waals surface area (Å²) >= 11 is 3.52. The SMILES string of the molecule is CCOc1cc(/C=[NH+]/N=C(N)N)cc(Br)c1OCc1ccccc1. The Balaban J connectivity index is 2.23. The summed E-state index contributed by atoms with van der Waals surface area (Å²) in [6.07, 6.45) is 1.66. The highest BCUT2D eigenvalue weighted by Gasteiger charge is 2.13. The number of hydrogen-bond acceptors (Lipinski definition) is 3. The van der Waals surface area contributed by atoms with E-state index in [-0.39, 0.29) is 5.96 Å². The molecule has 0 aliphatic carbocycles. The highest BCUT2D eigenvalue weighted by atomic mass is 79.9. The second kappa shape index (κ2) is 8.93. The molecule has 0 aliphatic rings. The van der Waals surface area contributed by atoms with E-state index < -0.39 is 0 Å². The molecule has 5 N–H and O–H groups in total. The van der Waals surface area contributed by atoms with Crippen molar-refractivity contribution in [1.29, 1.82) is 0 Å². The summed E-state index contributed by atoms with van der Waals surface area (Å²) in [6, 6.07) is 13.7. The molecule has 0 saturated carbocycles. The standard InChI is InChI=1S/C17H19BrN4O2/c1-2-23-15-9-13(10-21-22-17(19)20)8-14(18)16(15)24-11-12-6-4-3-5-7-12/h3-10H,2,11H2,1H3,(H4,19,20,22)/p+1/b21-10+. The maximum absolute atomic E-state index is 5.93. The van der Waals surface area contributed by atoms with Gasteiger partial charge in [0.25, 0.3) is 5.96 Å². The number of nitrogens with two attached hydrogens (primary N) is 2. The molecule has 0 bridgehead atoms. The first-order chi connectivity index (χ1) is 11.6. The molecule has 126 valence electrons. The van der Waals surface area contributed by atoms with Crippen molar-refractivity contribution in [1.82, 2.24) is 0 Å². The fraction of sp³-hybridized carbons (Fsp3) is 0.176. The first-order valence-corrected chi connectivity index (χ1v) is 8.20. The third-order valence-electron chi connectivity index (χ3n) is 2.98. The number of rotatable bonds is 7. The zero-order valence-electron chi connectivity index (χ0n) is 13.3. The Kier molecular flexibility index (Phi) is 6.62. The van der Waals surface area contributed by atoms with Crippen LogP contribution in [0.5, 0.6) is 11.5 Å². The van der Waals surface area contributed by atoms with Gasteiger partial charge in [-0.25, -0.2) is 0 Å². The van der Waals surface area contributed by atoms with E-state index in [1.807, 2.05) is 49.4 Å². The van der Waals surface area contributed by atoms with E-state index in [2.05, 4.69) is 26.1 Å². The summed E-state index contributed by atoms with van der Waals surface area (Å²) < 4.78 is 12.4. The molecular weight excluding hydrogens is 372 g/mol. The molecule has 0 unspecified atom stereocenters. The summed E-state index contributed by atoms with van der Waals surface area (Å²) in [7, 11) is 0. The normalized spacial score (nSPS) is 10.6. The van der Waals surface area contributed by atoms with Gasteiger partial charge in [-0.05, 0) is 40.5 Å². The van der Waals surface area contributed by atoms with Gasteiger partial charge in [0.05, 0.1) is 11.1 Å². The minimum atomic E-state index is -0.0434. The third-order valence-corrected chi connectivity index (χ3v) is 3.57. The number of hydrazone groups is 1. The molecule has 0 radical (unpaired) electrons. The highest BCUT2D eigenvalue weighted by molar-refractivity contribution is 9.10. The van der Waals surface area contributed by atoms with Gasteiger partial charge >= 0.3 is 0 Å². The quantitative estimate of drug-likeness (QED) is 0.374. The van der Waals surface area contributed by atoms with Crippen molar-refractivity contribution in [2.24, 2.45) is 16.6 Å². The van der Waals surface area contributed by atoms with Gasteiger partial charge in [0, 0.05) is 10.7 Å². The molecule has 0 aromatic heterocycles. The minimum absolute atomic E-state index is 0.0434. The second-order valence-electron chi connectivity index (χ2n) is 4.85. The number of nitrogens with zero attached hydrogens (tertiary/aromatic N) is 1. The van der Waals surface area contributed by atoms with Crippen LogP contribution in [0, 0.1) is 0 Å². The van der Waals surface area contributed by atoms with Crippen LogP contribution in [0.1, 0.15) is 18.1 Å². The van der Waals surface area contributed by atoms with Gasteiger partial charge in [0.2, 0.25) is 6.21 Å². The Labute approximate surface area is 149 Å². The zero-order valence-corrected chi connectivity index (χ0v) is 14.9. The van der Waals surface area contributed by atoms with E-state index in [4.69, 9.17) is 20.9 Å². The maximum Gasteiger partial charge on any atom is 0.256 e. The van der Waals surface area contributed by atoms with E-state index in [1.165, 1.54) is 0 Å². The summed E-state index contributed by atoms with van der Waals surface area (Å²) in [6.45, 7) is 2.90. The average Bonchev–Trinajstić information content (AvgIpc) is 2.55. The van der Waals surface area contributed by atoms with Crippen molar-refractivity contribution < 1.29 is 14.6 Å². The molecule has 24 heavy (non-hydrogen) atoms. The molecule has 2 rings (SSSR count). The fourth-order valence-corrected chi connectivity index (χ4v) is 2.56. The predicted octanol–water partition coefficient (Wildman–Crippen LogP) is 1.11. The van der Waals surface area contributed by atoms with Crippen molar-refractivity contribution in [3.05, 3.63) is 58.1 Å². The van der Waals surface area contributed by atoms with Crippen molar-refractivity contribution in [2.45, 2.75) is 13.5 Å². The Morgan fingerprint density at radius 2 is 1.96 bits per heavy atom. The van der Waals surface area contributed by atoms with Crippen LogP contribution < -0.4 is 26.0 Å². The highest BCUT2D eigenvalue weighted by Crippen LogP contribution is 2.37. The van der Waals surface area contributed by atoms with Gasteiger partial charge in [-0.15, -0.1) is 5.10 Å². The van der Waals surface area contributed by atoms with Crippen molar-refractivity contribution in [3.8, 4) is 11.5 Å². The molecule has 0 aliphatic heterocycles. The van der Waals surface area contributed by atoms with E-state index in [1.54, 1.807) is 6.21 Å². The minimum Gasteiger partial charge on any atom is -0.490 e. The van der Waals surface area contributed by atoms with Gasteiger partial charge in [-0.3, -0.25) is 0 Å². The molecular formula is C17H20BrN4O2+. The molecule has 7 heteroatoms. The second-order valence-corrected chi connectivity index (χ2v) is 5.70. The van der Waals surface area contributed by atoms with Crippen LogP contribution in [0.4, 0.5) is 0 Å². The Morgan fingerprint density at radius 1 is 1.21 bits per heavy atom. The number of halogens is 1. The summed E-state index contributed by atoms with van der Waals surface area (Å²) in [5.74, 6) is 1.25. The van der Waals surface area contributed by atoms with E-state index in [0.29, 0.717) is 24.7 Å². The maximum atomic E-state index is 5.93. The number of benzene rings is 2. The lowest BCUT2D eigenvalue weighted by Crippen LogP contribution is -2.63. The molecule has 0 spiro atoms. The Morgan fingerprint density at radius 3 is 2.62 bits per heavy atom. The molecule has 0 amide bonds. The molecule has 6 nitrogen and oxygen atoms in total. The fourth-order valence-electron chi connectivity index (χ4n) is 1.99. The van der Waals surface area contributed by atoms with Gasteiger partial charge in [0.1, 0.15) is 6.61 Å². The van der Waals surface area contributed by atoms with Crippen LogP contribution >= 0.6 is 15.9 Å². The van der Waals surface area contributed by atoms with Gasteiger partial charge in [0.15, 0.2) is 11.5 Å². The lowest BCUT2D eigenvalue weighted by molar-refractivity contribution is -0.456. The van der Waals surface area contributed by atoms with Crippen LogP contribution in [-0.4, -0.2) is 18.8 Å². The van der Waals surface area contributed by atoms with Crippen molar-refractivity contribution in [3.63, 3.8) is 0 Å². The lowest BCUT2D eigenvalue weighted by Gasteiger charge is -2.14. The summed E-state index contributed by atoms with van der Waals surface area (Å²) in [5, 5.41) is 6.37. The first-order valence-electron chi connectivity index (χ1n) is 7.40. The van der Waals surface area contributed by atoms with Crippen LogP contribution in [0.15, 0.2) is 52.0 Å². The molecule has 0 fully saturated rings. The molecule has 2 aromatic carbocycles. The molecule has 0 atom stereocenters. The van der Waals surface area contributed by atoms with Gasteiger partial charge < -0.3 is 20.9 Å². The van der Waals surface area contributed by atoms with Gasteiger partial charge in [-0.1, -0.05) is 30.3 Å². The van der Waals surface area contributed by atoms with E-state index >= 15 is 0 Å². The first kappa shape index (κ1) is 17.8. The number of ether oxygens (including phenoxy) is 2. The summed E-state index contributed by atoms with van der Waals surface area (Å²) in [5.41, 5.74) is 12.5. The Hall–Kier alpha value is -2.54. The average molecular weight is 392 g/mol. The molecule has 0 saturated heterocycles. The molecule has 2 aromatic rings. The van der Waals surface area contributed by atoms with Gasteiger partial charge in [-0.2, -0.15) is 0 Å². The van der Waals surface area contributed by atoms with E-state index in [0.717, 1.165) is 15.6 Å². The number of hydrogen-bond donors (Lipinski definition) is 3. The Bertz CT molecular complexity index is 729. The zero-order chi connectivity index (χ0) is 17.4. The van der Waals surface area contributed by atoms with Crippen LogP contribution in [0.25, 0.3) is 0 Å². The van der Waals surface area contributed by atoms with Crippen molar-refractivity contribution in [2.75, 3.05) is 6.61 Å². The van der Waals surface area contributed by atoms with Crippen LogP contribution in [0.3, 0.4) is 0 Å². The van der Waals surface area contributed by atoms with Crippen molar-refractivity contribution >= 4 is 28.1 Å². The number of nitrogens with one attached hydrogen (secondary N) is 1. The summed E-state index contributed by atoms with van der Waals surface area (Å²) in [4.78, 5) is 0. The van der Waals surface area contributed by atoms with Crippen LogP contribution in [0.2, 0.25) is 0 Å². The lowest BCUT2D eigenvalue weighted by atomic mass is 10.2. The van der Waals surface area contributed by atoms with E-state index in [9.17, 15) is 0 Å². The topological polar surface area (TPSA) is 96.8 Å². The predicted molar refractivity (Wildman–Crippen MR) is 98.0 cm³/mol.